The Bertz CT molecular complexity index is 662. The van der Waals surface area contributed by atoms with Crippen molar-refractivity contribution in [3.05, 3.63) is 23.5 Å². The number of carbonyl (C=O) groups is 2. The zero-order valence-corrected chi connectivity index (χ0v) is 12.3. The number of carboxylic acid groups (broad SMARTS) is 1. The summed E-state index contributed by atoms with van der Waals surface area (Å²) in [6.07, 6.45) is 5.40. The second kappa shape index (κ2) is 5.03. The molecule has 1 saturated carbocycles. The van der Waals surface area contributed by atoms with Gasteiger partial charge >= 0.3 is 12.0 Å². The Hall–Kier alpha value is -2.09. The van der Waals surface area contributed by atoms with Crippen LogP contribution in [0.25, 0.3) is 4.96 Å². The summed E-state index contributed by atoms with van der Waals surface area (Å²) in [5.74, 6) is -0.985. The summed E-state index contributed by atoms with van der Waals surface area (Å²) in [5, 5.41) is 16.4. The average Bonchev–Trinajstić information content (AvgIpc) is 3.07. The molecule has 0 bridgehead atoms. The molecule has 8 heteroatoms. The van der Waals surface area contributed by atoms with E-state index in [1.165, 1.54) is 11.3 Å². The number of imidazole rings is 1. The van der Waals surface area contributed by atoms with E-state index in [1.807, 2.05) is 22.2 Å². The van der Waals surface area contributed by atoms with E-state index in [0.717, 1.165) is 23.5 Å². The van der Waals surface area contributed by atoms with Crippen molar-refractivity contribution >= 4 is 28.3 Å². The molecule has 2 aromatic heterocycles. The first-order chi connectivity index (χ1) is 9.99. The molecule has 1 atom stereocenters. The van der Waals surface area contributed by atoms with Gasteiger partial charge in [0, 0.05) is 17.8 Å². The number of aliphatic carboxylic acids is 1. The predicted octanol–water partition coefficient (Wildman–Crippen LogP) is 1.45. The Labute approximate surface area is 125 Å². The normalized spacial score (nSPS) is 17.4. The smallest absolute Gasteiger partial charge is 0.329 e. The van der Waals surface area contributed by atoms with Crippen molar-refractivity contribution in [3.63, 3.8) is 0 Å². The van der Waals surface area contributed by atoms with Crippen LogP contribution >= 0.6 is 11.3 Å². The maximum atomic E-state index is 11.9. The molecule has 2 aromatic rings. The van der Waals surface area contributed by atoms with Gasteiger partial charge in [-0.15, -0.1) is 11.3 Å². The first-order valence-electron chi connectivity index (χ1n) is 6.69. The summed E-state index contributed by atoms with van der Waals surface area (Å²) in [7, 11) is 0. The van der Waals surface area contributed by atoms with Crippen molar-refractivity contribution in [3.8, 4) is 0 Å². The van der Waals surface area contributed by atoms with Crippen molar-refractivity contribution in [2.75, 3.05) is 0 Å². The predicted molar refractivity (Wildman–Crippen MR) is 77.2 cm³/mol. The monoisotopic (exact) mass is 308 g/mol. The quantitative estimate of drug-likeness (QED) is 0.779. The fourth-order valence-electron chi connectivity index (χ4n) is 2.30. The molecule has 2 amide bonds. The fourth-order valence-corrected chi connectivity index (χ4v) is 3.02. The van der Waals surface area contributed by atoms with Gasteiger partial charge in [0.25, 0.3) is 0 Å². The largest absolute Gasteiger partial charge is 0.480 e. The number of urea groups is 1. The van der Waals surface area contributed by atoms with Gasteiger partial charge in [-0.05, 0) is 25.7 Å². The molecular weight excluding hydrogens is 292 g/mol. The highest BCUT2D eigenvalue weighted by Gasteiger charge is 2.48. The molecule has 0 spiro atoms. The molecule has 3 rings (SSSR count). The number of hydrogen-bond acceptors (Lipinski definition) is 4. The van der Waals surface area contributed by atoms with E-state index in [0.29, 0.717) is 0 Å². The zero-order valence-electron chi connectivity index (χ0n) is 11.5. The molecule has 3 N–H and O–H groups in total. The van der Waals surface area contributed by atoms with Crippen molar-refractivity contribution < 1.29 is 14.7 Å². The van der Waals surface area contributed by atoms with Gasteiger partial charge in [0.1, 0.15) is 5.54 Å². The molecular formula is C13H16N4O3S. The van der Waals surface area contributed by atoms with Gasteiger partial charge < -0.3 is 15.7 Å². The van der Waals surface area contributed by atoms with Crippen molar-refractivity contribution in [1.82, 2.24) is 20.0 Å². The van der Waals surface area contributed by atoms with E-state index in [-0.39, 0.29) is 12.5 Å². The third kappa shape index (κ3) is 2.71. The minimum atomic E-state index is -1.20. The van der Waals surface area contributed by atoms with Crippen LogP contribution in [-0.2, 0) is 11.3 Å². The second-order valence-electron chi connectivity index (χ2n) is 5.41. The van der Waals surface area contributed by atoms with Gasteiger partial charge in [-0.3, -0.25) is 4.40 Å². The minimum absolute atomic E-state index is 0.0127. The molecule has 1 aliphatic rings. The lowest BCUT2D eigenvalue weighted by Gasteiger charge is -2.26. The summed E-state index contributed by atoms with van der Waals surface area (Å²) >= 11 is 1.51. The third-order valence-electron chi connectivity index (χ3n) is 3.78. The summed E-state index contributed by atoms with van der Waals surface area (Å²) in [4.78, 5) is 28.5. The number of rotatable bonds is 5. The number of thiazole rings is 1. The van der Waals surface area contributed by atoms with Crippen LogP contribution in [-0.4, -0.2) is 32.0 Å². The summed E-state index contributed by atoms with van der Waals surface area (Å²) in [5.41, 5.74) is -0.459. The summed E-state index contributed by atoms with van der Waals surface area (Å²) in [6, 6.07) is -0.483. The molecule has 1 aliphatic carbocycles. The van der Waals surface area contributed by atoms with Gasteiger partial charge in [0.15, 0.2) is 4.96 Å². The van der Waals surface area contributed by atoms with Crippen molar-refractivity contribution in [1.29, 1.82) is 0 Å². The second-order valence-corrected chi connectivity index (χ2v) is 6.29. The van der Waals surface area contributed by atoms with E-state index >= 15 is 0 Å². The maximum absolute atomic E-state index is 11.9. The maximum Gasteiger partial charge on any atom is 0.329 e. The third-order valence-corrected chi connectivity index (χ3v) is 4.56. The highest BCUT2D eigenvalue weighted by molar-refractivity contribution is 7.15. The van der Waals surface area contributed by atoms with E-state index in [2.05, 4.69) is 15.6 Å². The molecule has 0 saturated heterocycles. The average molecular weight is 308 g/mol. The van der Waals surface area contributed by atoms with Crippen LogP contribution in [0.2, 0.25) is 0 Å². The van der Waals surface area contributed by atoms with Crippen LogP contribution in [0.15, 0.2) is 17.8 Å². The lowest BCUT2D eigenvalue weighted by Crippen LogP contribution is -2.56. The van der Waals surface area contributed by atoms with E-state index in [4.69, 9.17) is 0 Å². The Morgan fingerprint density at radius 1 is 1.57 bits per heavy atom. The number of fused-ring (bicyclic) bond motifs is 1. The molecule has 7 nitrogen and oxygen atoms in total. The summed E-state index contributed by atoms with van der Waals surface area (Å²) < 4.78 is 1.88. The van der Waals surface area contributed by atoms with E-state index in [9.17, 15) is 14.7 Å². The molecule has 0 aliphatic heterocycles. The number of carboxylic acids is 1. The standard InChI is InChI=1S/C13H16N4O3S/c1-13(10(18)19,8-2-3-8)16-11(20)14-6-9-7-17-4-5-21-12(17)15-9/h4-5,7-8H,2-3,6H2,1H3,(H,18,19)(H2,14,16,20). The van der Waals surface area contributed by atoms with Crippen LogP contribution in [0, 0.1) is 5.92 Å². The molecule has 2 heterocycles. The topological polar surface area (TPSA) is 95.7 Å². The Morgan fingerprint density at radius 3 is 2.95 bits per heavy atom. The van der Waals surface area contributed by atoms with Crippen molar-refractivity contribution in [2.24, 2.45) is 5.92 Å². The SMILES string of the molecule is CC(NC(=O)NCc1cn2ccsc2n1)(C(=O)O)C1CC1. The van der Waals surface area contributed by atoms with Crippen LogP contribution in [0.3, 0.4) is 0 Å². The fraction of sp³-hybridized carbons (Fsp3) is 0.462. The van der Waals surface area contributed by atoms with Gasteiger partial charge in [-0.1, -0.05) is 0 Å². The van der Waals surface area contributed by atoms with E-state index < -0.39 is 17.5 Å². The van der Waals surface area contributed by atoms with E-state index in [1.54, 1.807) is 6.92 Å². The number of nitrogens with one attached hydrogen (secondary N) is 2. The molecule has 1 unspecified atom stereocenters. The Morgan fingerprint density at radius 2 is 2.33 bits per heavy atom. The van der Waals surface area contributed by atoms with Crippen LogP contribution in [0.5, 0.6) is 0 Å². The molecule has 0 radical (unpaired) electrons. The minimum Gasteiger partial charge on any atom is -0.480 e. The van der Waals surface area contributed by atoms with Crippen LogP contribution < -0.4 is 10.6 Å². The van der Waals surface area contributed by atoms with Gasteiger partial charge in [0.2, 0.25) is 0 Å². The highest BCUT2D eigenvalue weighted by Crippen LogP contribution is 2.39. The first kappa shape index (κ1) is 13.9. The highest BCUT2D eigenvalue weighted by atomic mass is 32.1. The Balaban J connectivity index is 1.58. The number of hydrogen-bond donors (Lipinski definition) is 3. The number of carbonyl (C=O) groups excluding carboxylic acids is 1. The van der Waals surface area contributed by atoms with Gasteiger partial charge in [-0.25, -0.2) is 14.6 Å². The molecule has 0 aromatic carbocycles. The summed E-state index contributed by atoms with van der Waals surface area (Å²) in [6.45, 7) is 1.82. The van der Waals surface area contributed by atoms with Crippen LogP contribution in [0.1, 0.15) is 25.5 Å². The van der Waals surface area contributed by atoms with Gasteiger partial charge in [0.05, 0.1) is 12.2 Å². The number of aromatic nitrogens is 2. The number of amides is 2. The lowest BCUT2D eigenvalue weighted by molar-refractivity contribution is -0.144. The Kier molecular flexibility index (Phi) is 3.32. The van der Waals surface area contributed by atoms with Crippen molar-refractivity contribution in [2.45, 2.75) is 31.8 Å². The molecule has 1 fully saturated rings. The zero-order chi connectivity index (χ0) is 15.0. The lowest BCUT2D eigenvalue weighted by atomic mass is 9.96. The first-order valence-corrected chi connectivity index (χ1v) is 7.57. The van der Waals surface area contributed by atoms with Crippen LogP contribution in [0.4, 0.5) is 4.79 Å². The number of nitrogens with zero attached hydrogens (tertiary/aromatic N) is 2. The van der Waals surface area contributed by atoms with Gasteiger partial charge in [-0.2, -0.15) is 0 Å². The molecule has 112 valence electrons. The molecule has 21 heavy (non-hydrogen) atoms.